The van der Waals surface area contributed by atoms with Crippen LogP contribution in [0.3, 0.4) is 0 Å². The van der Waals surface area contributed by atoms with E-state index in [0.717, 1.165) is 44.1 Å². The van der Waals surface area contributed by atoms with Crippen LogP contribution in [-0.2, 0) is 33.2 Å². The fourth-order valence-electron chi connectivity index (χ4n) is 11.5. The summed E-state index contributed by atoms with van der Waals surface area (Å²) in [6.45, 7) is 5.98. The molecule has 0 aromatic rings. The normalized spacial score (nSPS) is 54.4. The number of aliphatic hydroxyl groups excluding tert-OH is 4. The second kappa shape index (κ2) is 13.0. The van der Waals surface area contributed by atoms with E-state index in [1.54, 1.807) is 20.1 Å². The summed E-state index contributed by atoms with van der Waals surface area (Å²) >= 11 is 0. The van der Waals surface area contributed by atoms with Gasteiger partial charge in [0.25, 0.3) is 0 Å². The first kappa shape index (κ1) is 36.1. The zero-order valence-electron chi connectivity index (χ0n) is 29.1. The summed E-state index contributed by atoms with van der Waals surface area (Å²) in [6.07, 6.45) is -1.10. The van der Waals surface area contributed by atoms with E-state index < -0.39 is 73.1 Å². The van der Waals surface area contributed by atoms with Crippen LogP contribution < -0.4 is 0 Å². The van der Waals surface area contributed by atoms with Gasteiger partial charge in [0, 0.05) is 31.4 Å². The molecule has 13 heteroatoms. The van der Waals surface area contributed by atoms with Gasteiger partial charge in [0.1, 0.15) is 37.1 Å². The Bertz CT molecular complexity index is 1280. The number of fused-ring (bicyclic) bond motifs is 5. The van der Waals surface area contributed by atoms with Crippen molar-refractivity contribution in [2.45, 2.75) is 158 Å². The average molecular weight is 697 g/mol. The molecule has 0 amide bonds. The van der Waals surface area contributed by atoms with Gasteiger partial charge in [-0.05, 0) is 87.0 Å². The van der Waals surface area contributed by atoms with Crippen LogP contribution in [0.25, 0.3) is 0 Å². The third kappa shape index (κ3) is 5.65. The van der Waals surface area contributed by atoms with Crippen molar-refractivity contribution in [2.75, 3.05) is 20.3 Å². The number of ether oxygens (including phenoxy) is 6. The first-order valence-electron chi connectivity index (χ1n) is 18.3. The van der Waals surface area contributed by atoms with E-state index >= 15 is 0 Å². The molecule has 49 heavy (non-hydrogen) atoms. The van der Waals surface area contributed by atoms with E-state index in [0.29, 0.717) is 32.3 Å². The third-order valence-corrected chi connectivity index (χ3v) is 14.5. The Labute approximate surface area is 287 Å². The standard InChI is InChI=1S/C36H56O13/c1-18-31(49-32-30(41)29(40)28(39)25(16-37)48-32)24(44-4)14-27(46-18)47-20-5-9-33(2)22-6-10-34(3)21(19-13-26(38)45-17-19)8-12-36(34,43)23(22)7-11-35(33,42)15-20/h13,18,20-25,27-32,37,39-43H,5-12,14-17H2,1-4H3/t18?,20?,21?,22?,23?,24?,25?,27?,28?,29?,30?,31?,32?,33-,34-,35+,36+/m1/s1. The van der Waals surface area contributed by atoms with Crippen molar-refractivity contribution in [3.05, 3.63) is 11.6 Å². The molecule has 4 saturated carbocycles. The molecule has 7 rings (SSSR count). The van der Waals surface area contributed by atoms with Crippen molar-refractivity contribution >= 4 is 5.97 Å². The second-order valence-corrected chi connectivity index (χ2v) is 16.6. The Kier molecular flexibility index (Phi) is 9.60. The third-order valence-electron chi connectivity index (χ3n) is 14.5. The fraction of sp³-hybridized carbons (Fsp3) is 0.917. The highest BCUT2D eigenvalue weighted by Crippen LogP contribution is 2.70. The summed E-state index contributed by atoms with van der Waals surface area (Å²) in [4.78, 5) is 11.9. The minimum absolute atomic E-state index is 0.0724. The van der Waals surface area contributed by atoms with Gasteiger partial charge in [-0.2, -0.15) is 0 Å². The molecule has 0 bridgehead atoms. The van der Waals surface area contributed by atoms with Gasteiger partial charge >= 0.3 is 5.97 Å². The zero-order chi connectivity index (χ0) is 35.1. The van der Waals surface area contributed by atoms with Crippen LogP contribution in [0, 0.1) is 28.6 Å². The molecule has 278 valence electrons. The molecule has 2 saturated heterocycles. The van der Waals surface area contributed by atoms with Gasteiger partial charge in [0.2, 0.25) is 0 Å². The van der Waals surface area contributed by atoms with Gasteiger partial charge in [0.15, 0.2) is 12.6 Å². The van der Waals surface area contributed by atoms with Crippen molar-refractivity contribution in [2.24, 2.45) is 28.6 Å². The lowest BCUT2D eigenvalue weighted by Gasteiger charge is -2.66. The Morgan fingerprint density at radius 1 is 0.898 bits per heavy atom. The SMILES string of the molecule is COC1CC(OC2CC[C@]3(C)C4CC[C@]5(C)C(C6=CC(=O)OC6)CC[C@]5(O)C4CC[C@]3(O)C2)OC(C)C1OC1OC(CO)C(O)C(O)C1O. The van der Waals surface area contributed by atoms with Crippen LogP contribution in [0.1, 0.15) is 85.0 Å². The summed E-state index contributed by atoms with van der Waals surface area (Å²) in [6, 6.07) is 0. The van der Waals surface area contributed by atoms with E-state index in [4.69, 9.17) is 28.4 Å². The molecule has 7 aliphatic rings. The fourth-order valence-corrected chi connectivity index (χ4v) is 11.5. The van der Waals surface area contributed by atoms with Crippen LogP contribution in [0.2, 0.25) is 0 Å². The number of carbonyl (C=O) groups excluding carboxylic acids is 1. The highest BCUT2D eigenvalue weighted by molar-refractivity contribution is 5.85. The predicted octanol–water partition coefficient (Wildman–Crippen LogP) is 1.08. The number of esters is 1. The zero-order valence-corrected chi connectivity index (χ0v) is 29.1. The molecule has 3 heterocycles. The molecule has 0 aromatic carbocycles. The Morgan fingerprint density at radius 2 is 1.63 bits per heavy atom. The lowest BCUT2D eigenvalue weighted by atomic mass is 9.42. The van der Waals surface area contributed by atoms with Crippen LogP contribution >= 0.6 is 0 Å². The minimum Gasteiger partial charge on any atom is -0.458 e. The number of aliphatic hydroxyl groups is 6. The first-order valence-corrected chi connectivity index (χ1v) is 18.3. The molecule has 17 atom stereocenters. The van der Waals surface area contributed by atoms with Crippen LogP contribution in [-0.4, -0.2) is 130 Å². The summed E-state index contributed by atoms with van der Waals surface area (Å²) < 4.78 is 35.4. The average Bonchev–Trinajstić information content (AvgIpc) is 3.61. The highest BCUT2D eigenvalue weighted by Gasteiger charge is 2.70. The molecule has 6 fully saturated rings. The van der Waals surface area contributed by atoms with Gasteiger partial charge in [-0.25, -0.2) is 4.79 Å². The van der Waals surface area contributed by atoms with E-state index in [9.17, 15) is 35.4 Å². The Balaban J connectivity index is 0.994. The van der Waals surface area contributed by atoms with Gasteiger partial charge in [0.05, 0.1) is 36.1 Å². The monoisotopic (exact) mass is 696 g/mol. The number of rotatable bonds is 7. The van der Waals surface area contributed by atoms with Crippen LogP contribution in [0.4, 0.5) is 0 Å². The minimum atomic E-state index is -1.56. The van der Waals surface area contributed by atoms with E-state index in [2.05, 4.69) is 13.8 Å². The van der Waals surface area contributed by atoms with Crippen molar-refractivity contribution in [1.82, 2.24) is 0 Å². The number of carbonyl (C=O) groups is 1. The largest absolute Gasteiger partial charge is 0.458 e. The molecule has 13 unspecified atom stereocenters. The molecule has 6 N–H and O–H groups in total. The predicted molar refractivity (Wildman–Crippen MR) is 170 cm³/mol. The van der Waals surface area contributed by atoms with E-state index in [1.165, 1.54) is 0 Å². The molecule has 4 aliphatic carbocycles. The molecule has 0 spiro atoms. The first-order chi connectivity index (χ1) is 23.2. The maximum atomic E-state index is 12.5. The van der Waals surface area contributed by atoms with E-state index in [1.807, 2.05) is 0 Å². The van der Waals surface area contributed by atoms with Crippen molar-refractivity contribution in [3.63, 3.8) is 0 Å². The smallest absolute Gasteiger partial charge is 0.331 e. The molecule has 13 nitrogen and oxygen atoms in total. The lowest BCUT2D eigenvalue weighted by Crippen LogP contribution is -2.67. The van der Waals surface area contributed by atoms with Crippen molar-refractivity contribution < 1.29 is 63.9 Å². The maximum absolute atomic E-state index is 12.5. The Hall–Kier alpha value is -1.23. The van der Waals surface area contributed by atoms with Crippen molar-refractivity contribution in [3.8, 4) is 0 Å². The number of methoxy groups -OCH3 is 1. The number of cyclic esters (lactones) is 1. The van der Waals surface area contributed by atoms with Crippen LogP contribution in [0.5, 0.6) is 0 Å². The second-order valence-electron chi connectivity index (χ2n) is 16.6. The number of hydrogen-bond donors (Lipinski definition) is 6. The Morgan fingerprint density at radius 3 is 2.33 bits per heavy atom. The lowest BCUT2D eigenvalue weighted by molar-refractivity contribution is -0.347. The van der Waals surface area contributed by atoms with Crippen LogP contribution in [0.15, 0.2) is 11.6 Å². The van der Waals surface area contributed by atoms with Gasteiger partial charge in [-0.3, -0.25) is 0 Å². The number of hydrogen-bond acceptors (Lipinski definition) is 13. The van der Waals surface area contributed by atoms with Gasteiger partial charge in [-0.15, -0.1) is 0 Å². The van der Waals surface area contributed by atoms with Crippen molar-refractivity contribution in [1.29, 1.82) is 0 Å². The van der Waals surface area contributed by atoms with Gasteiger partial charge in [-0.1, -0.05) is 13.8 Å². The quantitative estimate of drug-likeness (QED) is 0.164. The summed E-state index contributed by atoms with van der Waals surface area (Å²) in [5, 5.41) is 65.4. The summed E-state index contributed by atoms with van der Waals surface area (Å²) in [7, 11) is 1.55. The topological polar surface area (TPSA) is 194 Å². The van der Waals surface area contributed by atoms with E-state index in [-0.39, 0.29) is 40.7 Å². The summed E-state index contributed by atoms with van der Waals surface area (Å²) in [5.41, 5.74) is -1.52. The molecule has 0 radical (unpaired) electrons. The summed E-state index contributed by atoms with van der Waals surface area (Å²) in [5.74, 6) is 0.0783. The van der Waals surface area contributed by atoms with Gasteiger partial charge < -0.3 is 59.1 Å². The molecular weight excluding hydrogens is 640 g/mol. The highest BCUT2D eigenvalue weighted by atomic mass is 16.7. The maximum Gasteiger partial charge on any atom is 0.331 e. The molecular formula is C36H56O13. The molecule has 0 aromatic heterocycles. The molecule has 3 aliphatic heterocycles.